The summed E-state index contributed by atoms with van der Waals surface area (Å²) < 4.78 is 18.5. The Balaban J connectivity index is 1.89. The van der Waals surface area contributed by atoms with Crippen molar-refractivity contribution in [2.45, 2.75) is 117 Å². The van der Waals surface area contributed by atoms with Crippen molar-refractivity contribution in [2.75, 3.05) is 53.0 Å². The van der Waals surface area contributed by atoms with Gasteiger partial charge in [-0.25, -0.2) is 0 Å². The molecule has 180 valence electrons. The van der Waals surface area contributed by atoms with Crippen LogP contribution in [0.4, 0.5) is 0 Å². The van der Waals surface area contributed by atoms with E-state index in [-0.39, 0.29) is 0 Å². The third kappa shape index (κ3) is 15.6. The molecule has 0 bridgehead atoms. The summed E-state index contributed by atoms with van der Waals surface area (Å²) in [5.74, 6) is 0. The molecule has 0 saturated carbocycles. The molecule has 0 aromatic rings. The standard InChI is InChI=1S/C26H54NO3/c1-3-5-7-8-9-10-11-12-13-14-15-16-17-18-22-30-26-27(19-23-28-24-20-27)25-29-21-6-4-2/h3-26H2,1-2H3/q+1. The summed E-state index contributed by atoms with van der Waals surface area (Å²) in [6.45, 7) is 11.5. The lowest BCUT2D eigenvalue weighted by Crippen LogP contribution is -2.57. The van der Waals surface area contributed by atoms with Gasteiger partial charge in [0.25, 0.3) is 0 Å². The number of morpholine rings is 1. The van der Waals surface area contributed by atoms with Crippen molar-refractivity contribution in [1.82, 2.24) is 0 Å². The van der Waals surface area contributed by atoms with Gasteiger partial charge in [0.05, 0.1) is 26.4 Å². The SMILES string of the molecule is CCCCCCCCCCCCCCCCOC[N+]1(COCCCC)CCOCC1. The van der Waals surface area contributed by atoms with Crippen LogP contribution in [-0.2, 0) is 14.2 Å². The Morgan fingerprint density at radius 2 is 0.933 bits per heavy atom. The second-order valence-corrected chi connectivity index (χ2v) is 9.43. The maximum Gasteiger partial charge on any atom is 0.185 e. The van der Waals surface area contributed by atoms with E-state index in [0.717, 1.165) is 63.9 Å². The van der Waals surface area contributed by atoms with Gasteiger partial charge in [0.1, 0.15) is 13.1 Å². The van der Waals surface area contributed by atoms with E-state index in [0.29, 0.717) is 0 Å². The maximum absolute atomic E-state index is 6.08. The van der Waals surface area contributed by atoms with E-state index < -0.39 is 0 Å². The van der Waals surface area contributed by atoms with Crippen LogP contribution in [0.2, 0.25) is 0 Å². The van der Waals surface area contributed by atoms with Gasteiger partial charge in [0, 0.05) is 0 Å². The molecule has 1 heterocycles. The third-order valence-electron chi connectivity index (χ3n) is 6.43. The van der Waals surface area contributed by atoms with Crippen LogP contribution in [0.3, 0.4) is 0 Å². The fourth-order valence-electron chi connectivity index (χ4n) is 4.19. The molecule has 0 atom stereocenters. The number of ether oxygens (including phenoxy) is 3. The van der Waals surface area contributed by atoms with E-state index >= 15 is 0 Å². The van der Waals surface area contributed by atoms with E-state index in [1.54, 1.807) is 0 Å². The Morgan fingerprint density at radius 1 is 0.533 bits per heavy atom. The van der Waals surface area contributed by atoms with Crippen molar-refractivity contribution in [2.24, 2.45) is 0 Å². The lowest BCUT2D eigenvalue weighted by atomic mass is 10.0. The molecule has 1 saturated heterocycles. The molecule has 0 N–H and O–H groups in total. The van der Waals surface area contributed by atoms with E-state index in [2.05, 4.69) is 13.8 Å². The first-order chi connectivity index (χ1) is 14.8. The Kier molecular flexibility index (Phi) is 19.3. The highest BCUT2D eigenvalue weighted by Crippen LogP contribution is 2.14. The average molecular weight is 429 g/mol. The second-order valence-electron chi connectivity index (χ2n) is 9.43. The predicted molar refractivity (Wildman–Crippen MR) is 128 cm³/mol. The van der Waals surface area contributed by atoms with Crippen LogP contribution < -0.4 is 0 Å². The number of unbranched alkanes of at least 4 members (excludes halogenated alkanes) is 14. The van der Waals surface area contributed by atoms with Gasteiger partial charge in [0.15, 0.2) is 13.5 Å². The summed E-state index contributed by atoms with van der Waals surface area (Å²) in [5.41, 5.74) is 0. The molecule has 1 fully saturated rings. The zero-order valence-corrected chi connectivity index (χ0v) is 20.6. The fraction of sp³-hybridized carbons (Fsp3) is 1.00. The van der Waals surface area contributed by atoms with Gasteiger partial charge in [-0.2, -0.15) is 0 Å². The van der Waals surface area contributed by atoms with Gasteiger partial charge in [0.2, 0.25) is 0 Å². The normalized spacial score (nSPS) is 16.2. The van der Waals surface area contributed by atoms with Crippen molar-refractivity contribution in [3.8, 4) is 0 Å². The first-order valence-electron chi connectivity index (χ1n) is 13.4. The Hall–Kier alpha value is -0.160. The fourth-order valence-corrected chi connectivity index (χ4v) is 4.19. The van der Waals surface area contributed by atoms with E-state index in [1.807, 2.05) is 0 Å². The predicted octanol–water partition coefficient (Wildman–Crippen LogP) is 7.06. The van der Waals surface area contributed by atoms with Crippen LogP contribution in [0.1, 0.15) is 117 Å². The molecule has 0 amide bonds. The molecule has 30 heavy (non-hydrogen) atoms. The summed E-state index contributed by atoms with van der Waals surface area (Å²) in [5, 5.41) is 0. The van der Waals surface area contributed by atoms with Gasteiger partial charge in [-0.1, -0.05) is 104 Å². The van der Waals surface area contributed by atoms with Gasteiger partial charge in [-0.15, -0.1) is 0 Å². The topological polar surface area (TPSA) is 27.7 Å². The number of hydrogen-bond donors (Lipinski definition) is 0. The minimum atomic E-state index is 0.780. The van der Waals surface area contributed by atoms with Crippen molar-refractivity contribution < 1.29 is 18.7 Å². The van der Waals surface area contributed by atoms with Gasteiger partial charge >= 0.3 is 0 Å². The smallest absolute Gasteiger partial charge is 0.185 e. The lowest BCUT2D eigenvalue weighted by Gasteiger charge is -2.40. The highest BCUT2D eigenvalue weighted by Gasteiger charge is 2.30. The minimum absolute atomic E-state index is 0.780. The molecule has 0 aliphatic carbocycles. The average Bonchev–Trinajstić information content (AvgIpc) is 2.77. The van der Waals surface area contributed by atoms with Crippen molar-refractivity contribution in [3.63, 3.8) is 0 Å². The van der Waals surface area contributed by atoms with E-state index in [4.69, 9.17) is 14.2 Å². The Bertz CT molecular complexity index is 345. The quantitative estimate of drug-likeness (QED) is 0.136. The minimum Gasteiger partial charge on any atom is -0.370 e. The Labute approximate surface area is 188 Å². The summed E-state index contributed by atoms with van der Waals surface area (Å²) in [7, 11) is 0. The number of rotatable bonds is 22. The molecular formula is C26H54NO3+. The highest BCUT2D eigenvalue weighted by atomic mass is 16.5. The second kappa shape index (κ2) is 20.7. The van der Waals surface area contributed by atoms with Gasteiger partial charge in [-0.05, 0) is 12.8 Å². The summed E-state index contributed by atoms with van der Waals surface area (Å²) in [4.78, 5) is 0. The molecule has 0 aromatic carbocycles. The van der Waals surface area contributed by atoms with Gasteiger partial charge in [-0.3, -0.25) is 4.48 Å². The monoisotopic (exact) mass is 428 g/mol. The lowest BCUT2D eigenvalue weighted by molar-refractivity contribution is -0.968. The molecule has 4 heteroatoms. The van der Waals surface area contributed by atoms with E-state index in [1.165, 1.54) is 96.3 Å². The maximum atomic E-state index is 6.08. The molecular weight excluding hydrogens is 374 g/mol. The largest absolute Gasteiger partial charge is 0.370 e. The highest BCUT2D eigenvalue weighted by molar-refractivity contribution is 4.50. The summed E-state index contributed by atoms with van der Waals surface area (Å²) in [6, 6.07) is 0. The van der Waals surface area contributed by atoms with Crippen LogP contribution in [0.5, 0.6) is 0 Å². The van der Waals surface area contributed by atoms with E-state index in [9.17, 15) is 0 Å². The Morgan fingerprint density at radius 3 is 1.40 bits per heavy atom. The van der Waals surface area contributed by atoms with Crippen molar-refractivity contribution >= 4 is 0 Å². The summed E-state index contributed by atoms with van der Waals surface area (Å²) >= 11 is 0. The molecule has 0 unspecified atom stereocenters. The molecule has 1 aliphatic heterocycles. The van der Waals surface area contributed by atoms with Crippen molar-refractivity contribution in [3.05, 3.63) is 0 Å². The van der Waals surface area contributed by atoms with Crippen LogP contribution in [0, 0.1) is 0 Å². The molecule has 0 aromatic heterocycles. The molecule has 0 radical (unpaired) electrons. The van der Waals surface area contributed by atoms with Crippen LogP contribution in [-0.4, -0.2) is 57.5 Å². The number of quaternary nitrogens is 1. The zero-order chi connectivity index (χ0) is 21.6. The van der Waals surface area contributed by atoms with Crippen LogP contribution in [0.15, 0.2) is 0 Å². The third-order valence-corrected chi connectivity index (χ3v) is 6.43. The number of hydrogen-bond acceptors (Lipinski definition) is 3. The van der Waals surface area contributed by atoms with Crippen LogP contribution in [0.25, 0.3) is 0 Å². The van der Waals surface area contributed by atoms with Crippen LogP contribution >= 0.6 is 0 Å². The number of nitrogens with zero attached hydrogens (tertiary/aromatic N) is 1. The zero-order valence-electron chi connectivity index (χ0n) is 20.6. The van der Waals surface area contributed by atoms with Gasteiger partial charge < -0.3 is 14.2 Å². The summed E-state index contributed by atoms with van der Waals surface area (Å²) in [6.07, 6.45) is 22.0. The molecule has 0 spiro atoms. The molecule has 4 nitrogen and oxygen atoms in total. The molecule has 1 aliphatic rings. The first-order valence-corrected chi connectivity index (χ1v) is 13.4. The van der Waals surface area contributed by atoms with Crippen molar-refractivity contribution in [1.29, 1.82) is 0 Å². The first kappa shape index (κ1) is 27.9. The molecule has 1 rings (SSSR count).